The highest BCUT2D eigenvalue weighted by Gasteiger charge is 2.54. The highest BCUT2D eigenvalue weighted by atomic mass is 32.2. The van der Waals surface area contributed by atoms with E-state index in [4.69, 9.17) is 8.92 Å². The Balaban J connectivity index is 1.91. The third kappa shape index (κ3) is 6.61. The molecule has 3 rings (SSSR count). The number of Topliss-reactive ketones (excluding diaryl/α,β-unsaturated/α-hetero) is 1. The number of hydrogen-bond acceptors (Lipinski definition) is 9. The van der Waals surface area contributed by atoms with Gasteiger partial charge < -0.3 is 14.2 Å². The molecule has 1 fully saturated rings. The molecule has 0 aliphatic carbocycles. The Kier molecular flexibility index (Phi) is 8.78. The van der Waals surface area contributed by atoms with Crippen LogP contribution in [0.15, 0.2) is 24.4 Å². The average Bonchev–Trinajstić information content (AvgIpc) is 3.28. The number of aryl methyl sites for hydroxylation is 1. The number of carbonyl (C=O) groups is 4. The average molecular weight is 567 g/mol. The number of anilines is 1. The van der Waals surface area contributed by atoms with Gasteiger partial charge in [0, 0.05) is 18.8 Å². The van der Waals surface area contributed by atoms with Gasteiger partial charge in [-0.25, -0.2) is 14.1 Å². The van der Waals surface area contributed by atoms with Crippen molar-refractivity contribution in [3.8, 4) is 5.75 Å². The molecule has 2 heterocycles. The molecule has 1 unspecified atom stereocenters. The van der Waals surface area contributed by atoms with Crippen LogP contribution in [0.5, 0.6) is 5.75 Å². The topological polar surface area (TPSA) is 154 Å². The number of benzene rings is 1. The Morgan fingerprint density at radius 3 is 2.46 bits per heavy atom. The summed E-state index contributed by atoms with van der Waals surface area (Å²) in [6.45, 7) is 6.13. The number of rotatable bonds is 12. The van der Waals surface area contributed by atoms with Crippen LogP contribution in [-0.2, 0) is 31.5 Å². The molecule has 1 aliphatic heterocycles. The molecule has 3 amide bonds. The quantitative estimate of drug-likeness (QED) is 0.177. The van der Waals surface area contributed by atoms with Gasteiger partial charge in [0.25, 0.3) is 11.8 Å². The van der Waals surface area contributed by atoms with Crippen molar-refractivity contribution in [2.45, 2.75) is 65.0 Å². The van der Waals surface area contributed by atoms with E-state index in [1.807, 2.05) is 6.92 Å². The number of ketones is 1. The highest BCUT2D eigenvalue weighted by Crippen LogP contribution is 2.29. The molecule has 0 bridgehead atoms. The van der Waals surface area contributed by atoms with Crippen LogP contribution in [-0.4, -0.2) is 64.2 Å². The highest BCUT2D eigenvalue weighted by molar-refractivity contribution is 7.87. The second kappa shape index (κ2) is 11.5. The SMILES string of the molecule is CCCCCCS(=O)(=O)Oc1ccc(F)c(NC(=O)C(C(=O)c2cnn(C)c2C)N2C(=O)OC(C)(C)C2=O)c1. The number of imide groups is 1. The molecule has 14 heteroatoms. The maximum atomic E-state index is 14.7. The lowest BCUT2D eigenvalue weighted by molar-refractivity contribution is -0.137. The van der Waals surface area contributed by atoms with Gasteiger partial charge in [-0.2, -0.15) is 13.5 Å². The maximum absolute atomic E-state index is 14.7. The van der Waals surface area contributed by atoms with Crippen LogP contribution < -0.4 is 9.50 Å². The monoisotopic (exact) mass is 566 g/mol. The Labute approximate surface area is 225 Å². The van der Waals surface area contributed by atoms with Crippen molar-refractivity contribution >= 4 is 39.5 Å². The Bertz CT molecular complexity index is 1400. The molecule has 39 heavy (non-hydrogen) atoms. The fraction of sp³-hybridized carbons (Fsp3) is 0.480. The molecule has 1 atom stereocenters. The first-order valence-electron chi connectivity index (χ1n) is 12.3. The Hall–Kier alpha value is -3.81. The van der Waals surface area contributed by atoms with Crippen LogP contribution in [0.25, 0.3) is 0 Å². The van der Waals surface area contributed by atoms with E-state index >= 15 is 0 Å². The number of halogens is 1. The predicted octanol–water partition coefficient (Wildman–Crippen LogP) is 3.10. The van der Waals surface area contributed by atoms with Crippen LogP contribution in [0.2, 0.25) is 0 Å². The molecule has 212 valence electrons. The lowest BCUT2D eigenvalue weighted by atomic mass is 10.0. The summed E-state index contributed by atoms with van der Waals surface area (Å²) in [5.74, 6) is -4.63. The van der Waals surface area contributed by atoms with Crippen LogP contribution >= 0.6 is 0 Å². The second-order valence-electron chi connectivity index (χ2n) is 9.62. The van der Waals surface area contributed by atoms with Crippen molar-refractivity contribution in [1.82, 2.24) is 14.7 Å². The first-order chi connectivity index (χ1) is 18.2. The number of aromatic nitrogens is 2. The fourth-order valence-corrected chi connectivity index (χ4v) is 4.93. The van der Waals surface area contributed by atoms with E-state index in [0.717, 1.165) is 31.0 Å². The van der Waals surface area contributed by atoms with Crippen molar-refractivity contribution in [3.05, 3.63) is 41.5 Å². The van der Waals surface area contributed by atoms with Gasteiger partial charge >= 0.3 is 16.2 Å². The molecular weight excluding hydrogens is 535 g/mol. The third-order valence-electron chi connectivity index (χ3n) is 6.20. The van der Waals surface area contributed by atoms with Gasteiger partial charge in [0.2, 0.25) is 0 Å². The molecule has 1 aliphatic rings. The van der Waals surface area contributed by atoms with E-state index in [0.29, 0.717) is 23.4 Å². The number of nitrogens with zero attached hydrogens (tertiary/aromatic N) is 3. The molecule has 1 N–H and O–H groups in total. The minimum Gasteiger partial charge on any atom is -0.433 e. The minimum atomic E-state index is -3.99. The van der Waals surface area contributed by atoms with Gasteiger partial charge in [0.05, 0.1) is 23.2 Å². The van der Waals surface area contributed by atoms with Gasteiger partial charge in [-0.1, -0.05) is 26.2 Å². The largest absolute Gasteiger partial charge is 0.433 e. The van der Waals surface area contributed by atoms with Crippen molar-refractivity contribution < 1.29 is 40.9 Å². The Morgan fingerprint density at radius 1 is 1.21 bits per heavy atom. The summed E-state index contributed by atoms with van der Waals surface area (Å²) in [5.41, 5.74) is -1.87. The number of amides is 3. The second-order valence-corrected chi connectivity index (χ2v) is 11.3. The molecule has 12 nitrogen and oxygen atoms in total. The normalized spacial score (nSPS) is 15.7. The lowest BCUT2D eigenvalue weighted by Crippen LogP contribution is -2.53. The number of nitrogens with one attached hydrogen (secondary N) is 1. The van der Waals surface area contributed by atoms with Crippen molar-refractivity contribution in [1.29, 1.82) is 0 Å². The van der Waals surface area contributed by atoms with Gasteiger partial charge in [0.1, 0.15) is 11.6 Å². The summed E-state index contributed by atoms with van der Waals surface area (Å²) in [7, 11) is -2.44. The molecule has 0 radical (unpaired) electrons. The molecule has 0 saturated carbocycles. The van der Waals surface area contributed by atoms with E-state index in [2.05, 4.69) is 10.4 Å². The summed E-state index contributed by atoms with van der Waals surface area (Å²) in [6.07, 6.45) is 2.82. The smallest absolute Gasteiger partial charge is 0.418 e. The molecule has 1 aromatic carbocycles. The summed E-state index contributed by atoms with van der Waals surface area (Å²) in [5, 5.41) is 6.14. The fourth-order valence-electron chi connectivity index (χ4n) is 3.90. The standard InChI is InChI=1S/C25H31FN4O8S/c1-6-7-8-9-12-39(35,36)38-16-10-11-18(26)19(13-16)28-22(32)20(21(31)17-14-27-29(5)15(17)2)30-23(33)25(3,4)37-24(30)34/h10-11,13-14,20H,6-9,12H2,1-5H3,(H,28,32). The number of unbranched alkanes of at least 4 members (excludes halogenated alkanes) is 3. The van der Waals surface area contributed by atoms with Gasteiger partial charge in [-0.15, -0.1) is 0 Å². The van der Waals surface area contributed by atoms with E-state index in [9.17, 15) is 32.0 Å². The van der Waals surface area contributed by atoms with Crippen LogP contribution in [0, 0.1) is 12.7 Å². The van der Waals surface area contributed by atoms with E-state index < -0.39 is 57.0 Å². The first kappa shape index (κ1) is 29.7. The zero-order valence-electron chi connectivity index (χ0n) is 22.3. The van der Waals surface area contributed by atoms with Crippen molar-refractivity contribution in [2.24, 2.45) is 7.05 Å². The van der Waals surface area contributed by atoms with Gasteiger partial charge in [-0.05, 0) is 39.3 Å². The summed E-state index contributed by atoms with van der Waals surface area (Å²) in [6, 6.07) is 0.806. The van der Waals surface area contributed by atoms with Crippen molar-refractivity contribution in [2.75, 3.05) is 11.1 Å². The summed E-state index contributed by atoms with van der Waals surface area (Å²) in [4.78, 5) is 52.8. The van der Waals surface area contributed by atoms with Crippen molar-refractivity contribution in [3.63, 3.8) is 0 Å². The number of carbonyl (C=O) groups excluding carboxylic acids is 4. The number of cyclic esters (lactones) is 1. The van der Waals surface area contributed by atoms with Crippen LogP contribution in [0.3, 0.4) is 0 Å². The predicted molar refractivity (Wildman–Crippen MR) is 137 cm³/mol. The van der Waals surface area contributed by atoms with E-state index in [1.54, 1.807) is 14.0 Å². The first-order valence-corrected chi connectivity index (χ1v) is 13.9. The zero-order chi connectivity index (χ0) is 29.1. The molecule has 0 spiro atoms. The van der Waals surface area contributed by atoms with Gasteiger partial charge in [-0.3, -0.25) is 19.1 Å². The lowest BCUT2D eigenvalue weighted by Gasteiger charge is -2.23. The molecule has 1 aromatic heterocycles. The summed E-state index contributed by atoms with van der Waals surface area (Å²) >= 11 is 0. The molecular formula is C25H31FN4O8S. The van der Waals surface area contributed by atoms with E-state index in [-0.39, 0.29) is 17.1 Å². The maximum Gasteiger partial charge on any atom is 0.418 e. The number of ether oxygens (including phenoxy) is 1. The van der Waals surface area contributed by atoms with Crippen LogP contribution in [0.4, 0.5) is 14.9 Å². The zero-order valence-corrected chi connectivity index (χ0v) is 23.1. The molecule has 2 aromatic rings. The number of hydrogen-bond donors (Lipinski definition) is 1. The minimum absolute atomic E-state index is 0.0466. The van der Waals surface area contributed by atoms with Gasteiger partial charge in [0.15, 0.2) is 17.4 Å². The van der Waals surface area contributed by atoms with E-state index in [1.165, 1.54) is 24.7 Å². The molecule has 1 saturated heterocycles. The van der Waals surface area contributed by atoms with Crippen LogP contribution in [0.1, 0.15) is 62.5 Å². The third-order valence-corrected chi connectivity index (χ3v) is 7.43. The Morgan fingerprint density at radius 2 is 1.90 bits per heavy atom. The summed E-state index contributed by atoms with van der Waals surface area (Å²) < 4.78 is 50.8.